The fourth-order valence-electron chi connectivity index (χ4n) is 2.44. The van der Waals surface area contributed by atoms with Crippen molar-refractivity contribution in [1.29, 1.82) is 0 Å². The summed E-state index contributed by atoms with van der Waals surface area (Å²) >= 11 is 1.11. The van der Waals surface area contributed by atoms with Crippen LogP contribution < -0.4 is 10.6 Å². The first-order valence-electron chi connectivity index (χ1n) is 8.99. The number of aliphatic hydroxyl groups is 1. The number of aryl methyl sites for hydroxylation is 1. The van der Waals surface area contributed by atoms with Crippen molar-refractivity contribution < 1.29 is 27.9 Å². The van der Waals surface area contributed by atoms with Crippen LogP contribution in [0.5, 0.6) is 0 Å². The monoisotopic (exact) mass is 460 g/mol. The molecule has 0 spiro atoms. The van der Waals surface area contributed by atoms with Crippen LogP contribution in [0.4, 0.5) is 24.1 Å². The molecule has 0 fully saturated rings. The van der Waals surface area contributed by atoms with E-state index in [1.807, 2.05) is 0 Å². The number of alkyl halides is 3. The van der Waals surface area contributed by atoms with Crippen molar-refractivity contribution in [2.24, 2.45) is 0 Å². The minimum absolute atomic E-state index is 0.194. The van der Waals surface area contributed by atoms with Gasteiger partial charge in [0.05, 0.1) is 16.6 Å². The topological polar surface area (TPSA) is 104 Å². The second-order valence-corrected chi connectivity index (χ2v) is 7.43. The number of halogens is 3. The van der Waals surface area contributed by atoms with E-state index in [0.29, 0.717) is 10.4 Å². The lowest BCUT2D eigenvalue weighted by molar-refractivity contribution is -0.137. The quantitative estimate of drug-likeness (QED) is 0.518. The number of rotatable bonds is 4. The summed E-state index contributed by atoms with van der Waals surface area (Å²) in [4.78, 5) is 32.0. The summed E-state index contributed by atoms with van der Waals surface area (Å²) in [7, 11) is 0. The molecule has 7 nitrogen and oxygen atoms in total. The molecule has 0 aliphatic carbocycles. The van der Waals surface area contributed by atoms with Crippen LogP contribution in [-0.4, -0.2) is 33.5 Å². The number of carbonyl (C=O) groups excluding carboxylic acids is 2. The van der Waals surface area contributed by atoms with Crippen molar-refractivity contribution in [3.63, 3.8) is 0 Å². The van der Waals surface area contributed by atoms with Crippen LogP contribution in [0, 0.1) is 18.8 Å². The number of nitrogens with zero attached hydrogens (tertiary/aromatic N) is 2. The highest BCUT2D eigenvalue weighted by atomic mass is 32.1. The second-order valence-electron chi connectivity index (χ2n) is 6.40. The number of aliphatic hydroxyl groups excluding tert-OH is 1. The Kier molecular flexibility index (Phi) is 6.87. The molecular weight excluding hydrogens is 445 g/mol. The number of aromatic nitrogens is 2. The van der Waals surface area contributed by atoms with Gasteiger partial charge in [-0.2, -0.15) is 13.2 Å². The zero-order valence-electron chi connectivity index (χ0n) is 16.4. The first-order chi connectivity index (χ1) is 15.2. The highest BCUT2D eigenvalue weighted by Crippen LogP contribution is 2.30. The Morgan fingerprint density at radius 2 is 1.91 bits per heavy atom. The van der Waals surface area contributed by atoms with E-state index in [-0.39, 0.29) is 16.5 Å². The minimum atomic E-state index is -4.55. The number of benzene rings is 1. The van der Waals surface area contributed by atoms with E-state index >= 15 is 0 Å². The molecule has 3 N–H and O–H groups in total. The molecule has 2 amide bonds. The highest BCUT2D eigenvalue weighted by molar-refractivity contribution is 7.16. The normalized spacial score (nSPS) is 10.8. The van der Waals surface area contributed by atoms with Crippen LogP contribution >= 0.6 is 11.3 Å². The Bertz CT molecular complexity index is 1230. The highest BCUT2D eigenvalue weighted by Gasteiger charge is 2.30. The summed E-state index contributed by atoms with van der Waals surface area (Å²) < 4.78 is 38.5. The maximum atomic E-state index is 12.8. The largest absolute Gasteiger partial charge is 0.416 e. The van der Waals surface area contributed by atoms with Gasteiger partial charge in [-0.05, 0) is 42.7 Å². The predicted molar refractivity (Wildman–Crippen MR) is 112 cm³/mol. The molecular formula is C21H15F3N4O3S. The van der Waals surface area contributed by atoms with E-state index in [1.165, 1.54) is 18.3 Å². The molecule has 0 aliphatic rings. The van der Waals surface area contributed by atoms with Gasteiger partial charge in [-0.25, -0.2) is 9.97 Å². The number of hydrogen-bond donors (Lipinski definition) is 3. The molecule has 1 aromatic carbocycles. The van der Waals surface area contributed by atoms with Gasteiger partial charge in [0.25, 0.3) is 11.8 Å². The third-order valence-electron chi connectivity index (χ3n) is 4.04. The van der Waals surface area contributed by atoms with Gasteiger partial charge in [0.2, 0.25) is 0 Å². The standard InChI is InChI=1S/C21H15F3N4O3S/c1-12-2-3-14(19(31)27-17-9-15(6-7-25-17)21(22,23)24)8-13(12)4-5-16-10-26-20(32-16)28-18(30)11-29/h2-3,6-10,29H,11H2,1H3,(H,25,27,31)(H,26,28,30). The van der Waals surface area contributed by atoms with Gasteiger partial charge in [0, 0.05) is 17.3 Å². The zero-order chi connectivity index (χ0) is 23.3. The molecule has 0 saturated carbocycles. The summed E-state index contributed by atoms with van der Waals surface area (Å²) in [5, 5.41) is 13.8. The molecule has 0 saturated heterocycles. The molecule has 32 heavy (non-hydrogen) atoms. The predicted octanol–water partition coefficient (Wildman–Crippen LogP) is 3.45. The molecule has 0 radical (unpaired) electrons. The van der Waals surface area contributed by atoms with E-state index in [2.05, 4.69) is 32.4 Å². The van der Waals surface area contributed by atoms with Crippen molar-refractivity contribution in [1.82, 2.24) is 9.97 Å². The van der Waals surface area contributed by atoms with Gasteiger partial charge in [0.1, 0.15) is 12.4 Å². The van der Waals surface area contributed by atoms with Crippen LogP contribution in [-0.2, 0) is 11.0 Å². The van der Waals surface area contributed by atoms with Crippen molar-refractivity contribution in [3.05, 3.63) is 69.9 Å². The number of pyridine rings is 1. The Balaban J connectivity index is 1.77. The van der Waals surface area contributed by atoms with Gasteiger partial charge >= 0.3 is 6.18 Å². The van der Waals surface area contributed by atoms with Crippen molar-refractivity contribution in [3.8, 4) is 11.8 Å². The fraction of sp³-hybridized carbons (Fsp3) is 0.143. The number of amides is 2. The Morgan fingerprint density at radius 3 is 2.62 bits per heavy atom. The fourth-order valence-corrected chi connectivity index (χ4v) is 3.13. The van der Waals surface area contributed by atoms with Gasteiger partial charge in [0.15, 0.2) is 5.13 Å². The molecule has 2 heterocycles. The maximum Gasteiger partial charge on any atom is 0.416 e. The average molecular weight is 460 g/mol. The smallest absolute Gasteiger partial charge is 0.387 e. The summed E-state index contributed by atoms with van der Waals surface area (Å²) in [6, 6.07) is 6.27. The Labute approximate surface area is 184 Å². The van der Waals surface area contributed by atoms with E-state index in [1.54, 1.807) is 13.0 Å². The minimum Gasteiger partial charge on any atom is -0.387 e. The molecule has 0 atom stereocenters. The van der Waals surface area contributed by atoms with Crippen LogP contribution in [0.1, 0.15) is 31.9 Å². The molecule has 2 aromatic heterocycles. The summed E-state index contributed by atoms with van der Waals surface area (Å²) in [5.74, 6) is 4.34. The maximum absolute atomic E-state index is 12.8. The van der Waals surface area contributed by atoms with Crippen molar-refractivity contribution in [2.45, 2.75) is 13.1 Å². The Hall–Kier alpha value is -3.75. The molecule has 3 rings (SSSR count). The lowest BCUT2D eigenvalue weighted by Gasteiger charge is -2.09. The molecule has 11 heteroatoms. The summed E-state index contributed by atoms with van der Waals surface area (Å²) in [5.41, 5.74) is 0.588. The van der Waals surface area contributed by atoms with Gasteiger partial charge in [-0.1, -0.05) is 23.3 Å². The lowest BCUT2D eigenvalue weighted by Crippen LogP contribution is -2.14. The number of thiazole rings is 1. The number of carbonyl (C=O) groups is 2. The van der Waals surface area contributed by atoms with Gasteiger partial charge < -0.3 is 10.4 Å². The lowest BCUT2D eigenvalue weighted by atomic mass is 10.0. The molecule has 3 aromatic rings. The third kappa shape index (κ3) is 5.90. The van der Waals surface area contributed by atoms with Gasteiger partial charge in [-0.15, -0.1) is 0 Å². The van der Waals surface area contributed by atoms with Crippen LogP contribution in [0.2, 0.25) is 0 Å². The number of hydrogen-bond acceptors (Lipinski definition) is 6. The van der Waals surface area contributed by atoms with Gasteiger partial charge in [-0.3, -0.25) is 14.9 Å². The number of nitrogens with one attached hydrogen (secondary N) is 2. The van der Waals surface area contributed by atoms with Crippen LogP contribution in [0.3, 0.4) is 0 Å². The van der Waals surface area contributed by atoms with E-state index < -0.39 is 30.2 Å². The van der Waals surface area contributed by atoms with Crippen molar-refractivity contribution >= 4 is 34.1 Å². The summed E-state index contributed by atoms with van der Waals surface area (Å²) in [6.45, 7) is 1.13. The Morgan fingerprint density at radius 1 is 1.12 bits per heavy atom. The zero-order valence-corrected chi connectivity index (χ0v) is 17.3. The molecule has 0 unspecified atom stereocenters. The molecule has 0 aliphatic heterocycles. The van der Waals surface area contributed by atoms with E-state index in [4.69, 9.17) is 5.11 Å². The first-order valence-corrected chi connectivity index (χ1v) is 9.81. The van der Waals surface area contributed by atoms with Crippen LogP contribution in [0.25, 0.3) is 0 Å². The summed E-state index contributed by atoms with van der Waals surface area (Å²) in [6.07, 6.45) is -2.13. The number of anilines is 2. The second kappa shape index (κ2) is 9.59. The average Bonchev–Trinajstić information content (AvgIpc) is 3.19. The molecule has 164 valence electrons. The van der Waals surface area contributed by atoms with E-state index in [9.17, 15) is 22.8 Å². The first kappa shape index (κ1) is 22.9. The van der Waals surface area contributed by atoms with E-state index in [0.717, 1.165) is 35.2 Å². The third-order valence-corrected chi connectivity index (χ3v) is 4.87. The SMILES string of the molecule is Cc1ccc(C(=O)Nc2cc(C(F)(F)F)ccn2)cc1C#Cc1cnc(NC(=O)CO)s1. The molecule has 0 bridgehead atoms. The van der Waals surface area contributed by atoms with Crippen LogP contribution in [0.15, 0.2) is 42.7 Å². The van der Waals surface area contributed by atoms with Crippen molar-refractivity contribution in [2.75, 3.05) is 17.2 Å².